The van der Waals surface area contributed by atoms with Gasteiger partial charge in [0.1, 0.15) is 16.9 Å². The molecule has 0 saturated carbocycles. The average molecular weight is 492 g/mol. The lowest BCUT2D eigenvalue weighted by atomic mass is 10.1. The second kappa shape index (κ2) is 8.65. The van der Waals surface area contributed by atoms with Crippen molar-refractivity contribution in [1.29, 1.82) is 0 Å². The lowest BCUT2D eigenvalue weighted by molar-refractivity contribution is 0.331. The number of fused-ring (bicyclic) bond motifs is 2. The molecule has 2 N–H and O–H groups in total. The highest BCUT2D eigenvalue weighted by Gasteiger charge is 2.17. The number of rotatable bonds is 5. The Bertz CT molecular complexity index is 1700. The van der Waals surface area contributed by atoms with E-state index in [0.717, 1.165) is 51.3 Å². The Labute approximate surface area is 212 Å². The Hall–Kier alpha value is -3.88. The minimum absolute atomic E-state index is 0.791. The van der Waals surface area contributed by atoms with E-state index in [4.69, 9.17) is 4.98 Å². The van der Waals surface area contributed by atoms with Gasteiger partial charge in [-0.1, -0.05) is 0 Å². The van der Waals surface area contributed by atoms with Gasteiger partial charge in [0.15, 0.2) is 0 Å². The van der Waals surface area contributed by atoms with Crippen LogP contribution in [0.3, 0.4) is 0 Å². The van der Waals surface area contributed by atoms with Crippen molar-refractivity contribution >= 4 is 33.4 Å². The zero-order chi connectivity index (χ0) is 24.1. The van der Waals surface area contributed by atoms with Crippen LogP contribution in [0.4, 0.5) is 0 Å². The number of aromatic nitrogens is 6. The fourth-order valence-electron chi connectivity index (χ4n) is 5.11. The number of nitrogens with one attached hydrogen (secondary N) is 2. The third kappa shape index (κ3) is 3.79. The highest BCUT2D eigenvalue weighted by molar-refractivity contribution is 7.15. The topological polar surface area (TPSA) is 86.4 Å². The van der Waals surface area contributed by atoms with E-state index < -0.39 is 0 Å². The van der Waals surface area contributed by atoms with Crippen molar-refractivity contribution in [3.05, 3.63) is 71.5 Å². The maximum Gasteiger partial charge on any atom is 0.138 e. The molecule has 8 heteroatoms. The number of thiophene rings is 1. The molecular weight excluding hydrogens is 466 g/mol. The molecule has 7 rings (SSSR count). The lowest BCUT2D eigenvalue weighted by Crippen LogP contribution is -2.18. The normalized spacial score (nSPS) is 14.4. The van der Waals surface area contributed by atoms with Gasteiger partial charge in [-0.3, -0.25) is 15.0 Å². The number of likely N-dealkylation sites (tertiary alicyclic amines) is 1. The summed E-state index contributed by atoms with van der Waals surface area (Å²) in [5, 5.41) is 8.85. The van der Waals surface area contributed by atoms with Crippen molar-refractivity contribution in [3.63, 3.8) is 0 Å². The molecule has 6 aromatic rings. The fraction of sp³-hybridized carbons (Fsp3) is 0.214. The third-order valence-electron chi connectivity index (χ3n) is 6.90. The van der Waals surface area contributed by atoms with Gasteiger partial charge in [-0.15, -0.1) is 11.3 Å². The number of H-pyrrole nitrogens is 2. The summed E-state index contributed by atoms with van der Waals surface area (Å²) < 4.78 is 0. The van der Waals surface area contributed by atoms with E-state index in [1.54, 1.807) is 11.3 Å². The first-order chi connectivity index (χ1) is 17.7. The van der Waals surface area contributed by atoms with Crippen molar-refractivity contribution < 1.29 is 0 Å². The molecule has 0 amide bonds. The van der Waals surface area contributed by atoms with Crippen LogP contribution in [-0.2, 0) is 6.54 Å². The Kier molecular flexibility index (Phi) is 5.15. The number of nitrogens with zero attached hydrogens (tertiary/aromatic N) is 5. The van der Waals surface area contributed by atoms with Crippen LogP contribution in [0, 0.1) is 6.92 Å². The smallest absolute Gasteiger partial charge is 0.138 e. The molecule has 6 aromatic heterocycles. The molecule has 1 aliphatic heterocycles. The third-order valence-corrected chi connectivity index (χ3v) is 7.93. The number of pyridine rings is 3. The van der Waals surface area contributed by atoms with Crippen LogP contribution in [0.2, 0.25) is 0 Å². The molecule has 7 heterocycles. The second-order valence-electron chi connectivity index (χ2n) is 9.44. The zero-order valence-electron chi connectivity index (χ0n) is 20.0. The quantitative estimate of drug-likeness (QED) is 0.300. The highest BCUT2D eigenvalue weighted by atomic mass is 32.1. The molecule has 0 radical (unpaired) electrons. The van der Waals surface area contributed by atoms with Crippen LogP contribution >= 0.6 is 11.3 Å². The Balaban J connectivity index is 1.28. The number of aryl methyl sites for hydroxylation is 1. The van der Waals surface area contributed by atoms with Crippen LogP contribution in [0.15, 0.2) is 61.1 Å². The molecule has 0 atom stereocenters. The molecular formula is C28H25N7S. The molecule has 0 bridgehead atoms. The minimum atomic E-state index is 0.791. The first-order valence-corrected chi connectivity index (χ1v) is 13.1. The van der Waals surface area contributed by atoms with Crippen molar-refractivity contribution in [2.45, 2.75) is 26.3 Å². The molecule has 1 fully saturated rings. The van der Waals surface area contributed by atoms with E-state index in [2.05, 4.69) is 67.3 Å². The van der Waals surface area contributed by atoms with Crippen LogP contribution in [0.25, 0.3) is 55.2 Å². The average Bonchev–Trinajstić information content (AvgIpc) is 3.70. The molecule has 0 aromatic carbocycles. The first-order valence-electron chi connectivity index (χ1n) is 12.3. The largest absolute Gasteiger partial charge is 0.338 e. The van der Waals surface area contributed by atoms with Gasteiger partial charge in [-0.25, -0.2) is 9.97 Å². The summed E-state index contributed by atoms with van der Waals surface area (Å²) >= 11 is 1.79. The summed E-state index contributed by atoms with van der Waals surface area (Å²) in [5.41, 5.74) is 8.58. The fourth-order valence-corrected chi connectivity index (χ4v) is 6.02. The standard InChI is InChI=1S/C28H25N7S/c1-17-4-7-25(36-17)20-8-9-30-28-21(20)13-24(32-28)27-26-23(33-34-27)6-5-22(31-26)19-12-18(14-29-15-19)16-35-10-2-3-11-35/h4-9,12-15H,2-3,10-11,16H2,1H3,(H,30,32)(H,33,34). The van der Waals surface area contributed by atoms with Gasteiger partial charge >= 0.3 is 0 Å². The Morgan fingerprint density at radius 3 is 2.81 bits per heavy atom. The number of aromatic amines is 2. The van der Waals surface area contributed by atoms with Gasteiger partial charge in [0.25, 0.3) is 0 Å². The van der Waals surface area contributed by atoms with Gasteiger partial charge in [-0.2, -0.15) is 5.10 Å². The van der Waals surface area contributed by atoms with Gasteiger partial charge in [0.05, 0.1) is 16.9 Å². The molecule has 0 spiro atoms. The molecule has 7 nitrogen and oxygen atoms in total. The van der Waals surface area contributed by atoms with E-state index in [1.165, 1.54) is 46.8 Å². The van der Waals surface area contributed by atoms with Crippen molar-refractivity contribution in [1.82, 2.24) is 35.0 Å². The summed E-state index contributed by atoms with van der Waals surface area (Å²) in [6.45, 7) is 5.40. The summed E-state index contributed by atoms with van der Waals surface area (Å²) in [5.74, 6) is 0. The maximum absolute atomic E-state index is 5.02. The summed E-state index contributed by atoms with van der Waals surface area (Å²) in [6.07, 6.45) is 8.28. The predicted octanol–water partition coefficient (Wildman–Crippen LogP) is 6.20. The van der Waals surface area contributed by atoms with Crippen molar-refractivity contribution in [2.75, 3.05) is 13.1 Å². The van der Waals surface area contributed by atoms with Crippen LogP contribution in [0.1, 0.15) is 23.3 Å². The highest BCUT2D eigenvalue weighted by Crippen LogP contribution is 2.36. The summed E-state index contributed by atoms with van der Waals surface area (Å²) in [4.78, 5) is 22.6. The van der Waals surface area contributed by atoms with Gasteiger partial charge in [0, 0.05) is 51.4 Å². The van der Waals surface area contributed by atoms with E-state index >= 15 is 0 Å². The van der Waals surface area contributed by atoms with Crippen LogP contribution in [0.5, 0.6) is 0 Å². The molecule has 0 aliphatic carbocycles. The molecule has 178 valence electrons. The number of hydrogen-bond donors (Lipinski definition) is 2. The minimum Gasteiger partial charge on any atom is -0.338 e. The summed E-state index contributed by atoms with van der Waals surface area (Å²) in [6, 6.07) is 14.8. The lowest BCUT2D eigenvalue weighted by Gasteiger charge is -2.14. The monoisotopic (exact) mass is 491 g/mol. The van der Waals surface area contributed by atoms with Crippen LogP contribution < -0.4 is 0 Å². The van der Waals surface area contributed by atoms with E-state index in [9.17, 15) is 0 Å². The van der Waals surface area contributed by atoms with Crippen molar-refractivity contribution in [2.24, 2.45) is 0 Å². The Morgan fingerprint density at radius 2 is 1.94 bits per heavy atom. The zero-order valence-corrected chi connectivity index (χ0v) is 20.8. The van der Waals surface area contributed by atoms with E-state index in [1.807, 2.05) is 30.7 Å². The maximum atomic E-state index is 5.02. The number of hydrogen-bond acceptors (Lipinski definition) is 6. The van der Waals surface area contributed by atoms with Crippen LogP contribution in [-0.4, -0.2) is 48.1 Å². The second-order valence-corrected chi connectivity index (χ2v) is 10.7. The van der Waals surface area contributed by atoms with Gasteiger partial charge in [0.2, 0.25) is 0 Å². The SMILES string of the molecule is Cc1ccc(-c2ccnc3[nH]c(-c4n[nH]c5ccc(-c6cncc(CN7CCCC7)c6)nc45)cc23)s1. The first kappa shape index (κ1) is 21.4. The van der Waals surface area contributed by atoms with E-state index in [0.29, 0.717) is 0 Å². The molecule has 0 unspecified atom stereocenters. The predicted molar refractivity (Wildman–Crippen MR) is 145 cm³/mol. The Morgan fingerprint density at radius 1 is 1.03 bits per heavy atom. The molecule has 36 heavy (non-hydrogen) atoms. The summed E-state index contributed by atoms with van der Waals surface area (Å²) in [7, 11) is 0. The molecule has 1 aliphatic rings. The molecule has 1 saturated heterocycles. The van der Waals surface area contributed by atoms with Gasteiger partial charge in [-0.05, 0) is 80.9 Å². The van der Waals surface area contributed by atoms with Gasteiger partial charge < -0.3 is 4.98 Å². The van der Waals surface area contributed by atoms with E-state index in [-0.39, 0.29) is 0 Å². The van der Waals surface area contributed by atoms with Crippen molar-refractivity contribution in [3.8, 4) is 33.1 Å².